The highest BCUT2D eigenvalue weighted by Gasteiger charge is 2.14. The molecule has 3 rings (SSSR count). The quantitative estimate of drug-likeness (QED) is 0.689. The number of hydrogen-bond acceptors (Lipinski definition) is 3. The van der Waals surface area contributed by atoms with Gasteiger partial charge in [-0.15, -0.1) is 0 Å². The molecule has 0 bridgehead atoms. The summed E-state index contributed by atoms with van der Waals surface area (Å²) in [6.45, 7) is 3.83. The molecule has 0 radical (unpaired) electrons. The molecule has 3 aromatic rings. The third kappa shape index (κ3) is 2.88. The average Bonchev–Trinajstić information content (AvgIpc) is 2.94. The predicted octanol–water partition coefficient (Wildman–Crippen LogP) is 3.79. The monoisotopic (exact) mass is 307 g/mol. The summed E-state index contributed by atoms with van der Waals surface area (Å²) < 4.78 is 7.14. The Kier molecular flexibility index (Phi) is 3.98. The van der Waals surface area contributed by atoms with E-state index in [1.807, 2.05) is 56.3 Å². The number of aryl methyl sites for hydroxylation is 2. The Balaban J connectivity index is 1.87. The highest BCUT2D eigenvalue weighted by molar-refractivity contribution is 6.02. The smallest absolute Gasteiger partial charge is 0.269 e. The fourth-order valence-electron chi connectivity index (χ4n) is 2.58. The molecular weight excluding hydrogens is 290 g/mol. The Morgan fingerprint density at radius 2 is 1.96 bits per heavy atom. The van der Waals surface area contributed by atoms with Crippen LogP contribution in [0.2, 0.25) is 0 Å². The van der Waals surface area contributed by atoms with Gasteiger partial charge in [0.2, 0.25) is 0 Å². The lowest BCUT2D eigenvalue weighted by molar-refractivity contribution is 0.0842. The molecule has 0 aliphatic rings. The van der Waals surface area contributed by atoms with Gasteiger partial charge in [0.15, 0.2) is 12.9 Å². The second kappa shape index (κ2) is 6.08. The first-order valence-corrected chi connectivity index (χ1v) is 7.38. The van der Waals surface area contributed by atoms with E-state index in [9.17, 15) is 9.59 Å². The number of rotatable bonds is 4. The number of carbonyl (C=O) groups excluding carboxylic acids is 2. The number of hydrogen-bond donors (Lipinski definition) is 0. The number of aromatic nitrogens is 1. The van der Waals surface area contributed by atoms with Crippen molar-refractivity contribution in [2.24, 2.45) is 0 Å². The maximum atomic E-state index is 12.5. The highest BCUT2D eigenvalue weighted by atomic mass is 16.5. The van der Waals surface area contributed by atoms with E-state index in [0.29, 0.717) is 16.8 Å². The van der Waals surface area contributed by atoms with Crippen molar-refractivity contribution in [3.8, 4) is 5.75 Å². The van der Waals surface area contributed by atoms with Crippen molar-refractivity contribution < 1.29 is 14.3 Å². The van der Waals surface area contributed by atoms with Gasteiger partial charge in [0, 0.05) is 17.1 Å². The van der Waals surface area contributed by atoms with E-state index in [-0.39, 0.29) is 12.5 Å². The molecule has 1 aromatic heterocycles. The van der Waals surface area contributed by atoms with Gasteiger partial charge in [-0.2, -0.15) is 0 Å². The number of nitrogens with zero attached hydrogens (tertiary/aromatic N) is 1. The summed E-state index contributed by atoms with van der Waals surface area (Å²) in [6, 6.07) is 13.2. The molecular formula is C19H17NO3. The lowest BCUT2D eigenvalue weighted by Gasteiger charge is -2.10. The number of para-hydroxylation sites is 1. The van der Waals surface area contributed by atoms with Crippen LogP contribution in [0.15, 0.2) is 48.7 Å². The molecule has 2 aromatic carbocycles. The molecule has 0 aliphatic heterocycles. The number of aldehydes is 1. The van der Waals surface area contributed by atoms with E-state index < -0.39 is 0 Å². The molecule has 4 nitrogen and oxygen atoms in total. The lowest BCUT2D eigenvalue weighted by Crippen LogP contribution is -2.18. The van der Waals surface area contributed by atoms with Gasteiger partial charge in [0.25, 0.3) is 5.91 Å². The van der Waals surface area contributed by atoms with Crippen molar-refractivity contribution in [3.05, 3.63) is 65.4 Å². The minimum Gasteiger partial charge on any atom is -0.483 e. The van der Waals surface area contributed by atoms with Crippen LogP contribution in [0, 0.1) is 13.8 Å². The summed E-state index contributed by atoms with van der Waals surface area (Å²) in [4.78, 5) is 23.6. The van der Waals surface area contributed by atoms with Crippen LogP contribution in [0.5, 0.6) is 5.75 Å². The van der Waals surface area contributed by atoms with Crippen LogP contribution in [-0.2, 0) is 0 Å². The normalized spacial score (nSPS) is 10.7. The maximum absolute atomic E-state index is 12.5. The van der Waals surface area contributed by atoms with Crippen molar-refractivity contribution in [1.29, 1.82) is 0 Å². The van der Waals surface area contributed by atoms with Crippen LogP contribution in [0.3, 0.4) is 0 Å². The zero-order valence-electron chi connectivity index (χ0n) is 13.1. The summed E-state index contributed by atoms with van der Waals surface area (Å²) in [6.07, 6.45) is 2.32. The highest BCUT2D eigenvalue weighted by Crippen LogP contribution is 2.21. The number of carbonyl (C=O) groups is 2. The molecule has 0 saturated heterocycles. The second-order valence-corrected chi connectivity index (χ2v) is 5.54. The second-order valence-electron chi connectivity index (χ2n) is 5.54. The van der Waals surface area contributed by atoms with Crippen molar-refractivity contribution in [2.75, 3.05) is 6.61 Å². The molecule has 0 fully saturated rings. The first kappa shape index (κ1) is 15.0. The molecule has 23 heavy (non-hydrogen) atoms. The van der Waals surface area contributed by atoms with Gasteiger partial charge in [-0.05, 0) is 37.1 Å². The summed E-state index contributed by atoms with van der Waals surface area (Å²) in [5.74, 6) is 0.487. The summed E-state index contributed by atoms with van der Waals surface area (Å²) in [7, 11) is 0. The average molecular weight is 307 g/mol. The molecule has 0 unspecified atom stereocenters. The summed E-state index contributed by atoms with van der Waals surface area (Å²) in [5, 5.41) is 0.766. The standard InChI is InChI=1S/C19H17NO3/c1-13-7-8-14(2)18(9-13)23-12-19(22)20-10-15(11-21)16-5-3-4-6-17(16)20/h3-11H,12H2,1-2H3. The molecule has 0 aliphatic carbocycles. The van der Waals surface area contributed by atoms with Crippen molar-refractivity contribution >= 4 is 23.1 Å². The maximum Gasteiger partial charge on any atom is 0.269 e. The Morgan fingerprint density at radius 3 is 2.74 bits per heavy atom. The van der Waals surface area contributed by atoms with Gasteiger partial charge >= 0.3 is 0 Å². The zero-order chi connectivity index (χ0) is 16.4. The lowest BCUT2D eigenvalue weighted by atomic mass is 10.1. The summed E-state index contributed by atoms with van der Waals surface area (Å²) in [5.41, 5.74) is 3.27. The van der Waals surface area contributed by atoms with E-state index in [2.05, 4.69) is 0 Å². The molecule has 116 valence electrons. The van der Waals surface area contributed by atoms with E-state index in [1.54, 1.807) is 6.20 Å². The third-order valence-electron chi connectivity index (χ3n) is 3.83. The molecule has 0 spiro atoms. The van der Waals surface area contributed by atoms with Crippen LogP contribution in [0.4, 0.5) is 0 Å². The van der Waals surface area contributed by atoms with Gasteiger partial charge in [-0.3, -0.25) is 14.2 Å². The van der Waals surface area contributed by atoms with Crippen LogP contribution in [-0.4, -0.2) is 23.4 Å². The number of ether oxygens (including phenoxy) is 1. The Hall–Kier alpha value is -2.88. The van der Waals surface area contributed by atoms with E-state index >= 15 is 0 Å². The molecule has 0 saturated carbocycles. The molecule has 0 atom stereocenters. The van der Waals surface area contributed by atoms with Crippen molar-refractivity contribution in [1.82, 2.24) is 4.57 Å². The van der Waals surface area contributed by atoms with Gasteiger partial charge in [-0.25, -0.2) is 0 Å². The van der Waals surface area contributed by atoms with E-state index in [0.717, 1.165) is 22.8 Å². The van der Waals surface area contributed by atoms with Crippen molar-refractivity contribution in [3.63, 3.8) is 0 Å². The van der Waals surface area contributed by atoms with Crippen molar-refractivity contribution in [2.45, 2.75) is 13.8 Å². The van der Waals surface area contributed by atoms with Crippen LogP contribution >= 0.6 is 0 Å². The van der Waals surface area contributed by atoms with Gasteiger partial charge < -0.3 is 4.74 Å². The fraction of sp³-hybridized carbons (Fsp3) is 0.158. The predicted molar refractivity (Wildman–Crippen MR) is 89.4 cm³/mol. The SMILES string of the molecule is Cc1ccc(C)c(OCC(=O)n2cc(C=O)c3ccccc32)c1. The molecule has 4 heteroatoms. The minimum atomic E-state index is -0.213. The first-order valence-electron chi connectivity index (χ1n) is 7.38. The van der Waals surface area contributed by atoms with Gasteiger partial charge in [0.1, 0.15) is 5.75 Å². The third-order valence-corrected chi connectivity index (χ3v) is 3.83. The van der Waals surface area contributed by atoms with Gasteiger partial charge in [-0.1, -0.05) is 30.3 Å². The first-order chi connectivity index (χ1) is 11.1. The Morgan fingerprint density at radius 1 is 1.17 bits per heavy atom. The zero-order valence-corrected chi connectivity index (χ0v) is 13.1. The van der Waals surface area contributed by atoms with Crippen LogP contribution in [0.25, 0.3) is 10.9 Å². The Labute approximate surface area is 134 Å². The largest absolute Gasteiger partial charge is 0.483 e. The Bertz CT molecular complexity index is 893. The van der Waals surface area contributed by atoms with Gasteiger partial charge in [0.05, 0.1) is 5.52 Å². The van der Waals surface area contributed by atoms with Crippen LogP contribution < -0.4 is 4.74 Å². The van der Waals surface area contributed by atoms with E-state index in [4.69, 9.17) is 4.74 Å². The van der Waals surface area contributed by atoms with Crippen LogP contribution in [0.1, 0.15) is 26.3 Å². The fourth-order valence-corrected chi connectivity index (χ4v) is 2.58. The number of fused-ring (bicyclic) bond motifs is 1. The summed E-state index contributed by atoms with van der Waals surface area (Å²) >= 11 is 0. The number of benzene rings is 2. The molecule has 0 amide bonds. The molecule has 0 N–H and O–H groups in total. The molecule has 1 heterocycles. The topological polar surface area (TPSA) is 48.3 Å². The minimum absolute atomic E-state index is 0.0821. The van der Waals surface area contributed by atoms with E-state index in [1.165, 1.54) is 4.57 Å².